The highest BCUT2D eigenvalue weighted by Gasteiger charge is 2.15. The lowest BCUT2D eigenvalue weighted by molar-refractivity contribution is -0.0498. The first-order valence-electron chi connectivity index (χ1n) is 6.27. The largest absolute Gasteiger partial charge is 0.435 e. The Kier molecular flexibility index (Phi) is 4.67. The highest BCUT2D eigenvalue weighted by Crippen LogP contribution is 2.28. The maximum Gasteiger partial charge on any atom is 0.387 e. The first-order chi connectivity index (χ1) is 9.51. The molecule has 1 heterocycles. The predicted octanol–water partition coefficient (Wildman–Crippen LogP) is 3.66. The van der Waals surface area contributed by atoms with E-state index >= 15 is 0 Å². The van der Waals surface area contributed by atoms with Crippen LogP contribution in [0, 0.1) is 6.92 Å². The normalized spacial score (nSPS) is 12.7. The van der Waals surface area contributed by atoms with E-state index in [0.717, 1.165) is 27.6 Å². The third-order valence-electron chi connectivity index (χ3n) is 2.97. The molecule has 0 spiro atoms. The van der Waals surface area contributed by atoms with Crippen LogP contribution in [0.3, 0.4) is 0 Å². The van der Waals surface area contributed by atoms with E-state index < -0.39 is 6.61 Å². The molecular weight excluding hydrogens is 282 g/mol. The lowest BCUT2D eigenvalue weighted by Crippen LogP contribution is -2.11. The van der Waals surface area contributed by atoms with Crippen LogP contribution in [0.4, 0.5) is 8.78 Å². The van der Waals surface area contributed by atoms with E-state index in [4.69, 9.17) is 5.73 Å². The number of alkyl halides is 2. The van der Waals surface area contributed by atoms with Crippen LogP contribution in [0.25, 0.3) is 0 Å². The predicted molar refractivity (Wildman–Crippen MR) is 75.3 cm³/mol. The van der Waals surface area contributed by atoms with Crippen LogP contribution < -0.4 is 10.5 Å². The maximum atomic E-state index is 12.1. The fraction of sp³-hybridized carbons (Fsp3) is 0.357. The van der Waals surface area contributed by atoms with Gasteiger partial charge in [0.15, 0.2) is 0 Å². The smallest absolute Gasteiger partial charge is 0.387 e. The van der Waals surface area contributed by atoms with E-state index in [1.54, 1.807) is 23.5 Å². The number of hydrogen-bond acceptors (Lipinski definition) is 4. The van der Waals surface area contributed by atoms with Gasteiger partial charge in [-0.2, -0.15) is 8.78 Å². The number of aromatic nitrogens is 1. The average Bonchev–Trinajstić information content (AvgIpc) is 2.79. The van der Waals surface area contributed by atoms with Crippen molar-refractivity contribution in [1.82, 2.24) is 4.98 Å². The van der Waals surface area contributed by atoms with Gasteiger partial charge >= 0.3 is 6.61 Å². The molecule has 20 heavy (non-hydrogen) atoms. The third kappa shape index (κ3) is 3.32. The molecule has 6 heteroatoms. The molecule has 1 aromatic carbocycles. The number of aryl methyl sites for hydroxylation is 2. The second kappa shape index (κ2) is 6.28. The van der Waals surface area contributed by atoms with Gasteiger partial charge < -0.3 is 10.5 Å². The Morgan fingerprint density at radius 2 is 1.95 bits per heavy atom. The molecule has 0 saturated carbocycles. The molecule has 2 rings (SSSR count). The van der Waals surface area contributed by atoms with Gasteiger partial charge in [-0.1, -0.05) is 19.1 Å². The third-order valence-corrected chi connectivity index (χ3v) is 4.07. The molecule has 2 N–H and O–H groups in total. The van der Waals surface area contributed by atoms with Gasteiger partial charge in [0.2, 0.25) is 0 Å². The monoisotopic (exact) mass is 298 g/mol. The number of rotatable bonds is 5. The van der Waals surface area contributed by atoms with Crippen molar-refractivity contribution >= 4 is 11.3 Å². The number of nitrogens with zero attached hydrogens (tertiary/aromatic N) is 1. The van der Waals surface area contributed by atoms with E-state index in [-0.39, 0.29) is 11.8 Å². The van der Waals surface area contributed by atoms with E-state index in [2.05, 4.69) is 9.72 Å². The van der Waals surface area contributed by atoms with Gasteiger partial charge in [0.1, 0.15) is 10.8 Å². The summed E-state index contributed by atoms with van der Waals surface area (Å²) in [6.45, 7) is 1.25. The quantitative estimate of drug-likeness (QED) is 0.916. The average molecular weight is 298 g/mol. The molecule has 0 aliphatic carbocycles. The maximum absolute atomic E-state index is 12.1. The van der Waals surface area contributed by atoms with Crippen LogP contribution >= 0.6 is 11.3 Å². The van der Waals surface area contributed by atoms with E-state index in [0.29, 0.717) is 0 Å². The van der Waals surface area contributed by atoms with E-state index in [9.17, 15) is 8.78 Å². The molecule has 0 aliphatic rings. The molecule has 0 bridgehead atoms. The van der Waals surface area contributed by atoms with Crippen molar-refractivity contribution in [2.75, 3.05) is 0 Å². The second-order valence-electron chi connectivity index (χ2n) is 4.33. The standard InChI is InChI=1S/C14H16F2N2OS/c1-3-11-8(2)20-13(18-11)12(17)9-4-6-10(7-5-9)19-14(15)16/h4-7,12,14H,3,17H2,1-2H3. The second-order valence-corrected chi connectivity index (χ2v) is 5.57. The summed E-state index contributed by atoms with van der Waals surface area (Å²) in [4.78, 5) is 5.68. The Bertz CT molecular complexity index is 569. The summed E-state index contributed by atoms with van der Waals surface area (Å²) in [5.74, 6) is 0.125. The summed E-state index contributed by atoms with van der Waals surface area (Å²) >= 11 is 1.57. The van der Waals surface area contributed by atoms with Crippen molar-refractivity contribution in [2.24, 2.45) is 5.73 Å². The molecule has 2 aromatic rings. The minimum absolute atomic E-state index is 0.125. The topological polar surface area (TPSA) is 48.1 Å². The van der Waals surface area contributed by atoms with Gasteiger partial charge in [0.25, 0.3) is 0 Å². The Morgan fingerprint density at radius 1 is 1.30 bits per heavy atom. The van der Waals surface area contributed by atoms with Crippen molar-refractivity contribution in [3.05, 3.63) is 45.4 Å². The van der Waals surface area contributed by atoms with Crippen molar-refractivity contribution < 1.29 is 13.5 Å². The molecule has 108 valence electrons. The van der Waals surface area contributed by atoms with Crippen molar-refractivity contribution in [1.29, 1.82) is 0 Å². The Balaban J connectivity index is 2.17. The molecule has 1 unspecified atom stereocenters. The summed E-state index contributed by atoms with van der Waals surface area (Å²) in [5.41, 5.74) is 8.04. The zero-order valence-corrected chi connectivity index (χ0v) is 12.1. The van der Waals surface area contributed by atoms with Crippen LogP contribution in [0.2, 0.25) is 0 Å². The van der Waals surface area contributed by atoms with Crippen LogP contribution in [-0.2, 0) is 6.42 Å². The number of benzene rings is 1. The molecule has 0 fully saturated rings. The van der Waals surface area contributed by atoms with Crippen molar-refractivity contribution in [3.63, 3.8) is 0 Å². The summed E-state index contributed by atoms with van der Waals surface area (Å²) in [6.07, 6.45) is 0.871. The van der Waals surface area contributed by atoms with Crippen molar-refractivity contribution in [2.45, 2.75) is 32.9 Å². The van der Waals surface area contributed by atoms with Gasteiger partial charge in [0, 0.05) is 4.88 Å². The van der Waals surface area contributed by atoms with Gasteiger partial charge in [-0.3, -0.25) is 0 Å². The summed E-state index contributed by atoms with van der Waals surface area (Å²) in [6, 6.07) is 6.00. The zero-order valence-electron chi connectivity index (χ0n) is 11.3. The Morgan fingerprint density at radius 3 is 2.45 bits per heavy atom. The number of nitrogens with two attached hydrogens (primary N) is 1. The Labute approximate surface area is 120 Å². The first kappa shape index (κ1) is 14.9. The zero-order chi connectivity index (χ0) is 14.7. The lowest BCUT2D eigenvalue weighted by atomic mass is 10.1. The van der Waals surface area contributed by atoms with Gasteiger partial charge in [-0.25, -0.2) is 4.98 Å². The van der Waals surface area contributed by atoms with E-state index in [1.807, 2.05) is 13.8 Å². The lowest BCUT2D eigenvalue weighted by Gasteiger charge is -2.10. The van der Waals surface area contributed by atoms with Crippen LogP contribution in [0.1, 0.15) is 34.1 Å². The van der Waals surface area contributed by atoms with Gasteiger partial charge in [-0.15, -0.1) is 11.3 Å². The molecule has 0 aliphatic heterocycles. The SMILES string of the molecule is CCc1nc(C(N)c2ccc(OC(F)F)cc2)sc1C. The highest BCUT2D eigenvalue weighted by atomic mass is 32.1. The minimum Gasteiger partial charge on any atom is -0.435 e. The molecule has 3 nitrogen and oxygen atoms in total. The van der Waals surface area contributed by atoms with Crippen LogP contribution in [-0.4, -0.2) is 11.6 Å². The fourth-order valence-corrected chi connectivity index (χ4v) is 2.95. The van der Waals surface area contributed by atoms with Crippen molar-refractivity contribution in [3.8, 4) is 5.75 Å². The number of thiazole rings is 1. The molecule has 1 aromatic heterocycles. The van der Waals surface area contributed by atoms with Gasteiger partial charge in [-0.05, 0) is 31.0 Å². The highest BCUT2D eigenvalue weighted by molar-refractivity contribution is 7.11. The summed E-state index contributed by atoms with van der Waals surface area (Å²) < 4.78 is 28.5. The summed E-state index contributed by atoms with van der Waals surface area (Å²) in [7, 11) is 0. The molecule has 0 saturated heterocycles. The van der Waals surface area contributed by atoms with Crippen LogP contribution in [0.5, 0.6) is 5.75 Å². The number of ether oxygens (including phenoxy) is 1. The summed E-state index contributed by atoms with van der Waals surface area (Å²) in [5, 5.41) is 0.835. The van der Waals surface area contributed by atoms with E-state index in [1.165, 1.54) is 12.1 Å². The number of halogens is 2. The molecule has 0 amide bonds. The molecule has 1 atom stereocenters. The fourth-order valence-electron chi connectivity index (χ4n) is 1.91. The van der Waals surface area contributed by atoms with Gasteiger partial charge in [0.05, 0.1) is 11.7 Å². The van der Waals surface area contributed by atoms with Crippen LogP contribution in [0.15, 0.2) is 24.3 Å². The first-order valence-corrected chi connectivity index (χ1v) is 7.09. The molecular formula is C14H16F2N2OS. The minimum atomic E-state index is -2.82. The molecule has 0 radical (unpaired) electrons. The Hall–Kier alpha value is -1.53. The number of hydrogen-bond donors (Lipinski definition) is 1.